The fourth-order valence-corrected chi connectivity index (χ4v) is 1.52. The normalized spacial score (nSPS) is 41.6. The van der Waals surface area contributed by atoms with E-state index >= 15 is 0 Å². The van der Waals surface area contributed by atoms with E-state index in [1.54, 1.807) is 0 Å². The van der Waals surface area contributed by atoms with E-state index in [1.165, 1.54) is 0 Å². The first-order valence-electron chi connectivity index (χ1n) is 4.53. The van der Waals surface area contributed by atoms with Gasteiger partial charge in [-0.25, -0.2) is 4.79 Å². The van der Waals surface area contributed by atoms with Gasteiger partial charge in [0.1, 0.15) is 24.4 Å². The van der Waals surface area contributed by atoms with Crippen molar-refractivity contribution >= 4 is 5.97 Å². The van der Waals surface area contributed by atoms with Crippen LogP contribution < -0.4 is 0 Å². The van der Waals surface area contributed by atoms with E-state index < -0.39 is 42.7 Å². The van der Waals surface area contributed by atoms with Gasteiger partial charge in [0.25, 0.3) is 5.72 Å². The Balaban J connectivity index is 3.20. The Morgan fingerprint density at radius 3 is 2.41 bits per heavy atom. The molecule has 1 saturated heterocycles. The van der Waals surface area contributed by atoms with Crippen molar-refractivity contribution in [3.63, 3.8) is 0 Å². The van der Waals surface area contributed by atoms with E-state index in [-0.39, 0.29) is 0 Å². The molecule has 0 radical (unpaired) electrons. The monoisotopic (exact) mass is 249 g/mol. The SMILES string of the molecule is [N-]=[N+]=N[C@]1(C(=O)O)O[C@H](CO)[C@@H](O)[C@H](O)[C@H]1O. The highest BCUT2D eigenvalue weighted by molar-refractivity contribution is 5.78. The average Bonchev–Trinajstić information content (AvgIpc) is 2.30. The van der Waals surface area contributed by atoms with E-state index in [4.69, 9.17) is 20.5 Å². The van der Waals surface area contributed by atoms with Crippen molar-refractivity contribution in [1.29, 1.82) is 0 Å². The van der Waals surface area contributed by atoms with E-state index in [0.717, 1.165) is 0 Å². The van der Waals surface area contributed by atoms with E-state index in [9.17, 15) is 20.1 Å². The van der Waals surface area contributed by atoms with Gasteiger partial charge in [-0.05, 0) is 10.6 Å². The van der Waals surface area contributed by atoms with Crippen molar-refractivity contribution in [2.45, 2.75) is 30.1 Å². The van der Waals surface area contributed by atoms with Crippen LogP contribution in [-0.4, -0.2) is 68.2 Å². The maximum atomic E-state index is 11.0. The van der Waals surface area contributed by atoms with Crippen molar-refractivity contribution in [3.8, 4) is 0 Å². The van der Waals surface area contributed by atoms with E-state index in [0.29, 0.717) is 0 Å². The molecule has 1 fully saturated rings. The summed E-state index contributed by atoms with van der Waals surface area (Å²) in [5, 5.41) is 48.8. The molecule has 5 atom stereocenters. The molecule has 0 amide bonds. The zero-order chi connectivity index (χ0) is 13.2. The third-order valence-corrected chi connectivity index (χ3v) is 2.47. The van der Waals surface area contributed by atoms with Crippen LogP contribution in [0, 0.1) is 0 Å². The van der Waals surface area contributed by atoms with Crippen LogP contribution in [0.15, 0.2) is 5.11 Å². The molecular formula is C7H11N3O7. The second kappa shape index (κ2) is 4.84. The lowest BCUT2D eigenvalue weighted by Gasteiger charge is -2.43. The molecule has 0 aromatic rings. The quantitative estimate of drug-likeness (QED) is 0.209. The lowest BCUT2D eigenvalue weighted by Crippen LogP contribution is -2.67. The number of ether oxygens (including phenoxy) is 1. The van der Waals surface area contributed by atoms with Gasteiger partial charge in [0, 0.05) is 4.91 Å². The minimum absolute atomic E-state index is 0.819. The number of hydrogen-bond donors (Lipinski definition) is 5. The molecule has 10 nitrogen and oxygen atoms in total. The van der Waals surface area contributed by atoms with E-state index in [1.807, 2.05) is 0 Å². The Kier molecular flexibility index (Phi) is 3.88. The van der Waals surface area contributed by atoms with Gasteiger partial charge in [0.05, 0.1) is 6.61 Å². The molecule has 0 aromatic carbocycles. The molecule has 1 heterocycles. The van der Waals surface area contributed by atoms with Gasteiger partial charge >= 0.3 is 5.97 Å². The van der Waals surface area contributed by atoms with Crippen molar-refractivity contribution < 1.29 is 35.1 Å². The standard InChI is InChI=1S/C7H11N3O7/c8-10-9-7(6(15)16)5(14)4(13)3(12)2(1-11)17-7/h2-5,11-14H,1H2,(H,15,16)/t2-,3-,4+,5-,7+/m1/s1. The highest BCUT2D eigenvalue weighted by Crippen LogP contribution is 2.31. The zero-order valence-electron chi connectivity index (χ0n) is 8.41. The highest BCUT2D eigenvalue weighted by Gasteiger charge is 2.58. The van der Waals surface area contributed by atoms with Crippen LogP contribution in [0.3, 0.4) is 0 Å². The first-order chi connectivity index (χ1) is 7.90. The number of rotatable bonds is 3. The molecule has 0 aliphatic carbocycles. The number of carbonyl (C=O) groups is 1. The summed E-state index contributed by atoms with van der Waals surface area (Å²) in [6.45, 7) is -0.819. The summed E-state index contributed by atoms with van der Waals surface area (Å²) >= 11 is 0. The maximum Gasteiger partial charge on any atom is 0.345 e. The Hall–Kier alpha value is -1.42. The Morgan fingerprint density at radius 1 is 1.41 bits per heavy atom. The number of aliphatic hydroxyl groups excluding tert-OH is 4. The minimum atomic E-state index is -2.78. The molecule has 17 heavy (non-hydrogen) atoms. The summed E-state index contributed by atoms with van der Waals surface area (Å²) in [7, 11) is 0. The van der Waals surface area contributed by atoms with E-state index in [2.05, 4.69) is 10.0 Å². The number of azide groups is 1. The summed E-state index contributed by atoms with van der Waals surface area (Å²) in [6, 6.07) is 0. The van der Waals surface area contributed by atoms with Gasteiger partial charge in [0.15, 0.2) is 0 Å². The number of hydrogen-bond acceptors (Lipinski definition) is 7. The first kappa shape index (κ1) is 13.6. The van der Waals surface area contributed by atoms with Gasteiger partial charge in [-0.2, -0.15) is 0 Å². The van der Waals surface area contributed by atoms with Gasteiger partial charge in [-0.15, -0.1) is 0 Å². The molecule has 1 aliphatic rings. The summed E-state index contributed by atoms with van der Waals surface area (Å²) in [5.41, 5.74) is 5.48. The maximum absolute atomic E-state index is 11.0. The number of aliphatic carboxylic acids is 1. The number of carboxylic acids is 1. The molecule has 1 aliphatic heterocycles. The van der Waals surface area contributed by atoms with Crippen LogP contribution in [0.25, 0.3) is 10.4 Å². The van der Waals surface area contributed by atoms with Gasteiger partial charge in [-0.1, -0.05) is 0 Å². The van der Waals surface area contributed by atoms with Crippen LogP contribution in [0.1, 0.15) is 0 Å². The average molecular weight is 249 g/mol. The van der Waals surface area contributed by atoms with Crippen molar-refractivity contribution in [2.24, 2.45) is 5.11 Å². The van der Waals surface area contributed by atoms with Crippen LogP contribution in [0.5, 0.6) is 0 Å². The van der Waals surface area contributed by atoms with Crippen LogP contribution in [-0.2, 0) is 9.53 Å². The Labute approximate surface area is 94.3 Å². The van der Waals surface area contributed by atoms with Gasteiger partial charge in [-0.3, -0.25) is 0 Å². The minimum Gasteiger partial charge on any atom is -0.479 e. The van der Waals surface area contributed by atoms with Crippen molar-refractivity contribution in [2.75, 3.05) is 6.61 Å². The fourth-order valence-electron chi connectivity index (χ4n) is 1.52. The molecule has 0 unspecified atom stereocenters. The lowest BCUT2D eigenvalue weighted by molar-refractivity contribution is -0.270. The number of carboxylic acid groups (broad SMARTS) is 1. The largest absolute Gasteiger partial charge is 0.479 e. The third-order valence-electron chi connectivity index (χ3n) is 2.47. The summed E-state index contributed by atoms with van der Waals surface area (Å²) in [4.78, 5) is 13.2. The lowest BCUT2D eigenvalue weighted by atomic mass is 9.91. The summed E-state index contributed by atoms with van der Waals surface area (Å²) in [6.07, 6.45) is -7.28. The molecule has 0 spiro atoms. The number of aliphatic hydroxyl groups is 4. The zero-order valence-corrected chi connectivity index (χ0v) is 8.41. The molecule has 1 rings (SSSR count). The molecule has 5 N–H and O–H groups in total. The Bertz CT molecular complexity index is 351. The molecule has 0 bridgehead atoms. The topological polar surface area (TPSA) is 176 Å². The smallest absolute Gasteiger partial charge is 0.345 e. The Morgan fingerprint density at radius 2 is 2.00 bits per heavy atom. The van der Waals surface area contributed by atoms with Crippen LogP contribution in [0.4, 0.5) is 0 Å². The van der Waals surface area contributed by atoms with Crippen LogP contribution in [0.2, 0.25) is 0 Å². The molecule has 0 saturated carbocycles. The van der Waals surface area contributed by atoms with Crippen molar-refractivity contribution in [3.05, 3.63) is 10.4 Å². The second-order valence-electron chi connectivity index (χ2n) is 3.46. The van der Waals surface area contributed by atoms with Gasteiger partial charge < -0.3 is 30.3 Å². The highest BCUT2D eigenvalue weighted by atomic mass is 16.6. The third kappa shape index (κ3) is 2.05. The van der Waals surface area contributed by atoms with Crippen LogP contribution >= 0.6 is 0 Å². The van der Waals surface area contributed by atoms with Gasteiger partial charge in [0.2, 0.25) is 0 Å². The summed E-state index contributed by atoms with van der Waals surface area (Å²) < 4.78 is 4.69. The molecule has 96 valence electrons. The van der Waals surface area contributed by atoms with Crippen molar-refractivity contribution in [1.82, 2.24) is 0 Å². The second-order valence-corrected chi connectivity index (χ2v) is 3.46. The predicted octanol–water partition coefficient (Wildman–Crippen LogP) is -2.45. The fraction of sp³-hybridized carbons (Fsp3) is 0.857. The number of nitrogens with zero attached hydrogens (tertiary/aromatic N) is 3. The predicted molar refractivity (Wildman–Crippen MR) is 49.5 cm³/mol. The molecule has 10 heteroatoms. The molecule has 0 aromatic heterocycles. The molecular weight excluding hydrogens is 238 g/mol. The summed E-state index contributed by atoms with van der Waals surface area (Å²) in [5.74, 6) is -1.84. The first-order valence-corrected chi connectivity index (χ1v) is 4.53.